The minimum absolute atomic E-state index is 0.107. The molecule has 2 heterocycles. The molecule has 0 spiro atoms. The molecule has 0 amide bonds. The van der Waals surface area contributed by atoms with Gasteiger partial charge in [-0.05, 0) is 13.8 Å². The summed E-state index contributed by atoms with van der Waals surface area (Å²) in [7, 11) is 1.48. The van der Waals surface area contributed by atoms with Crippen LogP contribution in [0.15, 0.2) is 23.3 Å². The monoisotopic (exact) mass is 275 g/mol. The normalized spacial score (nSPS) is 10.3. The molecule has 2 aromatic rings. The molecule has 0 aromatic carbocycles. The lowest BCUT2D eigenvalue weighted by Crippen LogP contribution is -2.27. The zero-order chi connectivity index (χ0) is 14.9. The van der Waals surface area contributed by atoms with Crippen LogP contribution in [0.2, 0.25) is 0 Å². The minimum Gasteiger partial charge on any atom is -0.507 e. The van der Waals surface area contributed by atoms with Gasteiger partial charge in [0.2, 0.25) is 5.95 Å². The number of carbonyl (C=O) groups is 1. The molecule has 1 N–H and O–H groups in total. The Bertz CT molecular complexity index is 720. The van der Waals surface area contributed by atoms with Gasteiger partial charge >= 0.3 is 0 Å². The summed E-state index contributed by atoms with van der Waals surface area (Å²) in [6.07, 6.45) is 2.82. The first kappa shape index (κ1) is 13.7. The number of aryl methyl sites for hydroxylation is 1. The first-order chi connectivity index (χ1) is 9.45. The lowest BCUT2D eigenvalue weighted by Gasteiger charge is -2.11. The maximum Gasteiger partial charge on any atom is 0.272 e. The molecule has 7 heteroatoms. The number of hydrogen-bond acceptors (Lipinski definition) is 6. The average Bonchev–Trinajstić information content (AvgIpc) is 2.38. The average molecular weight is 275 g/mol. The van der Waals surface area contributed by atoms with Gasteiger partial charge in [-0.15, -0.1) is 0 Å². The molecule has 0 atom stereocenters. The van der Waals surface area contributed by atoms with E-state index in [2.05, 4.69) is 9.97 Å². The number of carbonyl (C=O) groups excluding carboxylic acids is 1. The van der Waals surface area contributed by atoms with Crippen LogP contribution in [0.4, 0.5) is 0 Å². The van der Waals surface area contributed by atoms with Crippen molar-refractivity contribution in [1.29, 1.82) is 0 Å². The van der Waals surface area contributed by atoms with E-state index < -0.39 is 11.3 Å². The SMILES string of the molecule is COc1cnc(-n2c(C)cc(O)c(C(C)=O)c2=O)nc1. The molecule has 0 saturated carbocycles. The van der Waals surface area contributed by atoms with Crippen LogP contribution in [0, 0.1) is 6.92 Å². The van der Waals surface area contributed by atoms with Crippen molar-refractivity contribution >= 4 is 5.78 Å². The second-order valence-electron chi connectivity index (χ2n) is 4.17. The van der Waals surface area contributed by atoms with Crippen LogP contribution in [-0.2, 0) is 0 Å². The third kappa shape index (κ3) is 2.25. The van der Waals surface area contributed by atoms with E-state index in [4.69, 9.17) is 4.74 Å². The highest BCUT2D eigenvalue weighted by molar-refractivity contribution is 5.96. The molecule has 20 heavy (non-hydrogen) atoms. The standard InChI is InChI=1S/C13H13N3O4/c1-7-4-10(18)11(8(2)17)12(19)16(7)13-14-5-9(20-3)6-15-13/h4-6,18H,1-3H3. The second-order valence-corrected chi connectivity index (χ2v) is 4.17. The predicted octanol–water partition coefficient (Wildman–Crippen LogP) is 0.853. The van der Waals surface area contributed by atoms with Crippen molar-refractivity contribution in [3.05, 3.63) is 40.1 Å². The fourth-order valence-electron chi connectivity index (χ4n) is 1.83. The third-order valence-electron chi connectivity index (χ3n) is 2.77. The van der Waals surface area contributed by atoms with Crippen LogP contribution in [-0.4, -0.2) is 32.5 Å². The quantitative estimate of drug-likeness (QED) is 0.835. The van der Waals surface area contributed by atoms with Crippen molar-refractivity contribution in [2.75, 3.05) is 7.11 Å². The number of pyridine rings is 1. The van der Waals surface area contributed by atoms with Crippen LogP contribution in [0.5, 0.6) is 11.5 Å². The minimum atomic E-state index is -0.653. The molecule has 0 radical (unpaired) electrons. The number of hydrogen-bond donors (Lipinski definition) is 1. The number of nitrogens with zero attached hydrogens (tertiary/aromatic N) is 3. The van der Waals surface area contributed by atoms with E-state index in [0.717, 1.165) is 4.57 Å². The smallest absolute Gasteiger partial charge is 0.272 e. The van der Waals surface area contributed by atoms with E-state index in [1.54, 1.807) is 6.92 Å². The van der Waals surface area contributed by atoms with Gasteiger partial charge in [0.05, 0.1) is 19.5 Å². The molecule has 0 aliphatic carbocycles. The summed E-state index contributed by atoms with van der Waals surface area (Å²) >= 11 is 0. The van der Waals surface area contributed by atoms with Gasteiger partial charge in [0.25, 0.3) is 5.56 Å². The number of Topliss-reactive ketones (excluding diaryl/α,β-unsaturated/α-hetero) is 1. The zero-order valence-corrected chi connectivity index (χ0v) is 11.2. The number of ketones is 1. The van der Waals surface area contributed by atoms with Gasteiger partial charge in [-0.3, -0.25) is 9.59 Å². The van der Waals surface area contributed by atoms with E-state index in [9.17, 15) is 14.7 Å². The molecule has 0 saturated heterocycles. The van der Waals surface area contributed by atoms with E-state index >= 15 is 0 Å². The molecule has 104 valence electrons. The third-order valence-corrected chi connectivity index (χ3v) is 2.77. The number of rotatable bonds is 3. The molecule has 0 aliphatic heterocycles. The Morgan fingerprint density at radius 3 is 2.45 bits per heavy atom. The van der Waals surface area contributed by atoms with Gasteiger partial charge < -0.3 is 9.84 Å². The number of ether oxygens (including phenoxy) is 1. The van der Waals surface area contributed by atoms with Gasteiger partial charge in [0.15, 0.2) is 11.5 Å². The first-order valence-corrected chi connectivity index (χ1v) is 5.78. The Hall–Kier alpha value is -2.70. The summed E-state index contributed by atoms with van der Waals surface area (Å²) < 4.78 is 6.10. The maximum absolute atomic E-state index is 12.3. The van der Waals surface area contributed by atoms with Gasteiger partial charge in [-0.2, -0.15) is 0 Å². The van der Waals surface area contributed by atoms with Crippen molar-refractivity contribution in [3.63, 3.8) is 0 Å². The summed E-state index contributed by atoms with van der Waals surface area (Å²) in [5.74, 6) is -0.305. The lowest BCUT2D eigenvalue weighted by atomic mass is 10.1. The Morgan fingerprint density at radius 1 is 1.35 bits per heavy atom. The molecule has 0 fully saturated rings. The molecule has 0 unspecified atom stereocenters. The fraction of sp³-hybridized carbons (Fsp3) is 0.231. The Kier molecular flexibility index (Phi) is 3.51. The van der Waals surface area contributed by atoms with Crippen molar-refractivity contribution in [3.8, 4) is 17.4 Å². The summed E-state index contributed by atoms with van der Waals surface area (Å²) in [6, 6.07) is 1.33. The van der Waals surface area contributed by atoms with E-state index in [0.29, 0.717) is 11.4 Å². The summed E-state index contributed by atoms with van der Waals surface area (Å²) in [4.78, 5) is 31.7. The molecular weight excluding hydrogens is 262 g/mol. The highest BCUT2D eigenvalue weighted by Gasteiger charge is 2.18. The highest BCUT2D eigenvalue weighted by atomic mass is 16.5. The van der Waals surface area contributed by atoms with Crippen LogP contribution in [0.1, 0.15) is 23.0 Å². The van der Waals surface area contributed by atoms with Crippen molar-refractivity contribution in [2.24, 2.45) is 0 Å². The molecule has 7 nitrogen and oxygen atoms in total. The van der Waals surface area contributed by atoms with E-state index in [1.807, 2.05) is 0 Å². The summed E-state index contributed by atoms with van der Waals surface area (Å²) in [6.45, 7) is 2.82. The molecule has 2 aromatic heterocycles. The van der Waals surface area contributed by atoms with E-state index in [1.165, 1.54) is 32.5 Å². The van der Waals surface area contributed by atoms with Crippen molar-refractivity contribution in [2.45, 2.75) is 13.8 Å². The lowest BCUT2D eigenvalue weighted by molar-refractivity contribution is 0.101. The zero-order valence-electron chi connectivity index (χ0n) is 11.2. The van der Waals surface area contributed by atoms with Gasteiger partial charge in [0.1, 0.15) is 11.3 Å². The number of aromatic nitrogens is 3. The van der Waals surface area contributed by atoms with Gasteiger partial charge in [-0.1, -0.05) is 0 Å². The van der Waals surface area contributed by atoms with Crippen LogP contribution in [0.25, 0.3) is 5.95 Å². The molecular formula is C13H13N3O4. The maximum atomic E-state index is 12.3. The van der Waals surface area contributed by atoms with Gasteiger partial charge in [0, 0.05) is 11.8 Å². The summed E-state index contributed by atoms with van der Waals surface area (Å²) in [5.41, 5.74) is -0.516. The van der Waals surface area contributed by atoms with Gasteiger partial charge in [-0.25, -0.2) is 14.5 Å². The first-order valence-electron chi connectivity index (χ1n) is 5.78. The molecule has 0 aliphatic rings. The molecule has 2 rings (SSSR count). The van der Waals surface area contributed by atoms with Crippen molar-refractivity contribution < 1.29 is 14.6 Å². The topological polar surface area (TPSA) is 94.3 Å². The predicted molar refractivity (Wildman–Crippen MR) is 70.6 cm³/mol. The van der Waals surface area contributed by atoms with Crippen LogP contribution in [0.3, 0.4) is 0 Å². The van der Waals surface area contributed by atoms with E-state index in [-0.39, 0.29) is 17.3 Å². The Labute approximate surface area is 114 Å². The number of methoxy groups -OCH3 is 1. The Morgan fingerprint density at radius 2 is 1.95 bits per heavy atom. The van der Waals surface area contributed by atoms with Crippen LogP contribution < -0.4 is 10.3 Å². The number of aromatic hydroxyl groups is 1. The fourth-order valence-corrected chi connectivity index (χ4v) is 1.83. The second kappa shape index (κ2) is 5.12. The summed E-state index contributed by atoms with van der Waals surface area (Å²) in [5, 5.41) is 9.70. The van der Waals surface area contributed by atoms with Crippen LogP contribution >= 0.6 is 0 Å². The highest BCUT2D eigenvalue weighted by Crippen LogP contribution is 2.17. The molecule has 0 bridgehead atoms. The Balaban J connectivity index is 2.70. The largest absolute Gasteiger partial charge is 0.507 e. The van der Waals surface area contributed by atoms with Crippen molar-refractivity contribution in [1.82, 2.24) is 14.5 Å².